The summed E-state index contributed by atoms with van der Waals surface area (Å²) in [6, 6.07) is 9.84. The first-order chi connectivity index (χ1) is 15.8. The maximum absolute atomic E-state index is 13.8. The number of hydrogen-bond acceptors (Lipinski definition) is 4. The first-order valence-corrected chi connectivity index (χ1v) is 13.1. The summed E-state index contributed by atoms with van der Waals surface area (Å²) < 4.78 is 30.3. The molecule has 34 heavy (non-hydrogen) atoms. The zero-order valence-corrected chi connectivity index (χ0v) is 22.0. The lowest BCUT2D eigenvalue weighted by Gasteiger charge is -2.25. The fourth-order valence-electron chi connectivity index (χ4n) is 3.91. The van der Waals surface area contributed by atoms with E-state index in [1.165, 1.54) is 7.05 Å². The van der Waals surface area contributed by atoms with Gasteiger partial charge in [-0.1, -0.05) is 71.9 Å². The molecular weight excluding hydrogens is 448 g/mol. The molecule has 0 aromatic heterocycles. The number of sulfonamides is 1. The van der Waals surface area contributed by atoms with E-state index in [9.17, 15) is 13.2 Å². The molecule has 0 saturated heterocycles. The number of carbonyl (C=O) groups is 1. The molecule has 0 aliphatic heterocycles. The summed E-state index contributed by atoms with van der Waals surface area (Å²) in [4.78, 5) is 13.0. The summed E-state index contributed by atoms with van der Waals surface area (Å²) in [5.41, 5.74) is 9.40. The minimum Gasteiger partial charge on any atom is -0.384 e. The lowest BCUT2D eigenvalue weighted by atomic mass is 9.89. The van der Waals surface area contributed by atoms with Gasteiger partial charge in [0, 0.05) is 12.6 Å². The van der Waals surface area contributed by atoms with Crippen LogP contribution >= 0.6 is 0 Å². The van der Waals surface area contributed by atoms with Gasteiger partial charge in [0.25, 0.3) is 0 Å². The molecule has 0 aliphatic rings. The van der Waals surface area contributed by atoms with Gasteiger partial charge in [0.15, 0.2) is 0 Å². The molecule has 5 N–H and O–H groups in total. The van der Waals surface area contributed by atoms with E-state index in [-0.39, 0.29) is 34.9 Å². The molecule has 7 nitrogen and oxygen atoms in total. The zero-order chi connectivity index (χ0) is 25.8. The van der Waals surface area contributed by atoms with Crippen LogP contribution in [0.5, 0.6) is 0 Å². The van der Waals surface area contributed by atoms with Crippen molar-refractivity contribution in [2.24, 2.45) is 5.73 Å². The van der Waals surface area contributed by atoms with E-state index < -0.39 is 22.0 Å². The van der Waals surface area contributed by atoms with Gasteiger partial charge in [0.1, 0.15) is 11.9 Å². The molecule has 2 aromatic rings. The molecule has 0 fully saturated rings. The predicted octanol–water partition coefficient (Wildman–Crippen LogP) is 3.98. The molecule has 2 aromatic carbocycles. The summed E-state index contributed by atoms with van der Waals surface area (Å²) in [6.45, 7) is 12.1. The van der Waals surface area contributed by atoms with Crippen LogP contribution in [0.3, 0.4) is 0 Å². The Morgan fingerprint density at radius 3 is 1.97 bits per heavy atom. The smallest absolute Gasteiger partial charge is 0.241 e. The number of rotatable bonds is 10. The highest BCUT2D eigenvalue weighted by molar-refractivity contribution is 7.89. The van der Waals surface area contributed by atoms with Crippen molar-refractivity contribution < 1.29 is 13.2 Å². The van der Waals surface area contributed by atoms with Gasteiger partial charge in [-0.15, -0.1) is 0 Å². The molecule has 0 heterocycles. The molecular formula is C26H38N4O3S. The topological polar surface area (TPSA) is 125 Å². The summed E-state index contributed by atoms with van der Waals surface area (Å²) in [5.74, 6) is -0.311. The number of nitrogens with two attached hydrogens (primary N) is 1. The van der Waals surface area contributed by atoms with Crippen LogP contribution < -0.4 is 15.8 Å². The molecule has 0 aliphatic carbocycles. The largest absolute Gasteiger partial charge is 0.384 e. The number of carbonyl (C=O) groups excluding carboxylic acids is 1. The monoisotopic (exact) mass is 486 g/mol. The highest BCUT2D eigenvalue weighted by atomic mass is 32.2. The highest BCUT2D eigenvalue weighted by Gasteiger charge is 2.31. The number of nitrogen functional groups attached to an aromatic ring is 1. The molecule has 0 saturated carbocycles. The van der Waals surface area contributed by atoms with Crippen LogP contribution in [0, 0.1) is 5.41 Å². The quantitative estimate of drug-likeness (QED) is 0.299. The van der Waals surface area contributed by atoms with Crippen LogP contribution in [-0.4, -0.2) is 33.3 Å². The van der Waals surface area contributed by atoms with E-state index >= 15 is 0 Å². The van der Waals surface area contributed by atoms with E-state index in [0.29, 0.717) is 11.1 Å². The molecule has 2 rings (SSSR count). The van der Waals surface area contributed by atoms with Gasteiger partial charge in [-0.2, -0.15) is 4.72 Å². The Hall–Kier alpha value is -2.71. The van der Waals surface area contributed by atoms with Gasteiger partial charge in [0.2, 0.25) is 15.9 Å². The first-order valence-electron chi connectivity index (χ1n) is 11.6. The van der Waals surface area contributed by atoms with Crippen molar-refractivity contribution in [3.63, 3.8) is 0 Å². The molecule has 186 valence electrons. The van der Waals surface area contributed by atoms with E-state index in [1.54, 1.807) is 24.3 Å². The average Bonchev–Trinajstić information content (AvgIpc) is 2.76. The Morgan fingerprint density at radius 2 is 1.53 bits per heavy atom. The van der Waals surface area contributed by atoms with Crippen LogP contribution in [-0.2, 0) is 21.2 Å². The lowest BCUT2D eigenvalue weighted by Crippen LogP contribution is -2.47. The van der Waals surface area contributed by atoms with Crippen molar-refractivity contribution >= 4 is 21.8 Å². The van der Waals surface area contributed by atoms with Gasteiger partial charge in [-0.25, -0.2) is 8.42 Å². The average molecular weight is 487 g/mol. The van der Waals surface area contributed by atoms with Crippen LogP contribution in [0.15, 0.2) is 41.3 Å². The minimum atomic E-state index is -4.03. The Morgan fingerprint density at radius 1 is 0.971 bits per heavy atom. The van der Waals surface area contributed by atoms with Crippen molar-refractivity contribution in [3.8, 4) is 0 Å². The molecule has 8 heteroatoms. The fraction of sp³-hybridized carbons (Fsp3) is 0.462. The van der Waals surface area contributed by atoms with E-state index in [0.717, 1.165) is 16.7 Å². The number of likely N-dealkylation sites (N-methyl/N-ethyl adjacent to an activating group) is 1. The first kappa shape index (κ1) is 27.5. The maximum atomic E-state index is 13.8. The Balaban J connectivity index is 2.59. The molecule has 1 amide bonds. The summed E-state index contributed by atoms with van der Waals surface area (Å²) in [6.07, 6.45) is 0.123. The third-order valence-corrected chi connectivity index (χ3v) is 7.49. The van der Waals surface area contributed by atoms with Crippen molar-refractivity contribution in [1.82, 2.24) is 10.0 Å². The standard InChI is InChI=1S/C26H38N4O3S/c1-15(2)20-13-21(16(3)4)24(22(14-20)17(5)6)34(32,33)30-23(26(31)29-7)12-18-9-8-10-19(11-18)25(27)28/h8-11,13-17,23,30H,12H2,1-7H3,(H3,27,28)(H,29,31)/t23-/m0/s1. The Bertz CT molecular complexity index is 1130. The van der Waals surface area contributed by atoms with Crippen LogP contribution in [0.2, 0.25) is 0 Å². The number of hydrogen-bond donors (Lipinski definition) is 4. The third-order valence-electron chi connectivity index (χ3n) is 5.89. The van der Waals surface area contributed by atoms with Gasteiger partial charge in [0.05, 0.1) is 4.90 Å². The van der Waals surface area contributed by atoms with Gasteiger partial charge < -0.3 is 11.1 Å². The van der Waals surface area contributed by atoms with Crippen LogP contribution in [0.25, 0.3) is 0 Å². The molecule has 0 bridgehead atoms. The van der Waals surface area contributed by atoms with E-state index in [4.69, 9.17) is 11.1 Å². The van der Waals surface area contributed by atoms with E-state index in [1.807, 2.05) is 39.8 Å². The fourth-order valence-corrected chi connectivity index (χ4v) is 5.80. The zero-order valence-electron chi connectivity index (χ0n) is 21.2. The second-order valence-corrected chi connectivity index (χ2v) is 11.2. The highest BCUT2D eigenvalue weighted by Crippen LogP contribution is 2.35. The minimum absolute atomic E-state index is 0.0199. The number of amidine groups is 1. The maximum Gasteiger partial charge on any atom is 0.241 e. The summed E-state index contributed by atoms with van der Waals surface area (Å²) in [5, 5.41) is 10.2. The molecule has 0 unspecified atom stereocenters. The normalized spacial score (nSPS) is 12.9. The van der Waals surface area contributed by atoms with Crippen molar-refractivity contribution in [2.45, 2.75) is 76.7 Å². The predicted molar refractivity (Wildman–Crippen MR) is 138 cm³/mol. The van der Waals surface area contributed by atoms with Crippen molar-refractivity contribution in [2.75, 3.05) is 7.05 Å². The number of nitrogens with one attached hydrogen (secondary N) is 3. The third kappa shape index (κ3) is 6.45. The second kappa shape index (κ2) is 11.1. The number of benzene rings is 2. The van der Waals surface area contributed by atoms with Crippen molar-refractivity contribution in [3.05, 3.63) is 64.2 Å². The van der Waals surface area contributed by atoms with Crippen LogP contribution in [0.4, 0.5) is 0 Å². The van der Waals surface area contributed by atoms with Crippen molar-refractivity contribution in [1.29, 1.82) is 5.41 Å². The van der Waals surface area contributed by atoms with Gasteiger partial charge in [-0.3, -0.25) is 10.2 Å². The second-order valence-electron chi connectivity index (χ2n) is 9.60. The van der Waals surface area contributed by atoms with Gasteiger partial charge in [-0.05, 0) is 52.5 Å². The summed E-state index contributed by atoms with van der Waals surface area (Å²) >= 11 is 0. The Labute approximate surface area is 204 Å². The number of amides is 1. The SMILES string of the molecule is CNC(=O)[C@H](Cc1cccc(C(=N)N)c1)NS(=O)(=O)c1c(C(C)C)cc(C(C)C)cc1C(C)C. The summed E-state index contributed by atoms with van der Waals surface area (Å²) in [7, 11) is -2.55. The van der Waals surface area contributed by atoms with Gasteiger partial charge >= 0.3 is 0 Å². The van der Waals surface area contributed by atoms with E-state index in [2.05, 4.69) is 23.9 Å². The lowest BCUT2D eigenvalue weighted by molar-refractivity contribution is -0.122. The van der Waals surface area contributed by atoms with Crippen LogP contribution in [0.1, 0.15) is 87.1 Å². The Kier molecular flexibility index (Phi) is 9.02. The molecule has 0 spiro atoms. The molecule has 0 radical (unpaired) electrons. The molecule has 1 atom stereocenters.